The van der Waals surface area contributed by atoms with Crippen LogP contribution in [0, 0.1) is 13.8 Å². The van der Waals surface area contributed by atoms with E-state index in [9.17, 15) is 14.4 Å². The van der Waals surface area contributed by atoms with Crippen molar-refractivity contribution < 1.29 is 28.6 Å². The van der Waals surface area contributed by atoms with Gasteiger partial charge in [-0.15, -0.1) is 0 Å². The number of methoxy groups -OCH3 is 3. The quantitative estimate of drug-likeness (QED) is 0.664. The molecule has 3 rings (SSSR count). The summed E-state index contributed by atoms with van der Waals surface area (Å²) in [5, 5.41) is 5.55. The van der Waals surface area contributed by atoms with Crippen LogP contribution in [0.5, 0.6) is 17.2 Å². The number of carbonyl (C=O) groups is 3. The molecule has 33 heavy (non-hydrogen) atoms. The Labute approximate surface area is 193 Å². The molecule has 0 radical (unpaired) electrons. The topological polar surface area (TPSA) is 106 Å². The second-order valence-corrected chi connectivity index (χ2v) is 7.77. The molecule has 3 amide bonds. The van der Waals surface area contributed by atoms with Crippen molar-refractivity contribution in [3.63, 3.8) is 0 Å². The van der Waals surface area contributed by atoms with E-state index in [1.165, 1.54) is 38.4 Å². The van der Waals surface area contributed by atoms with Crippen molar-refractivity contribution in [2.75, 3.05) is 39.7 Å². The molecule has 1 saturated heterocycles. The summed E-state index contributed by atoms with van der Waals surface area (Å²) in [6.45, 7) is 4.50. The van der Waals surface area contributed by atoms with Crippen LogP contribution in [-0.2, 0) is 9.59 Å². The lowest BCUT2D eigenvalue weighted by atomic mass is 10.0. The standard InChI is InChI=1S/C24H29N3O6/c1-14-6-7-17(10-15(14)2)26-21(28)13-18-23(29)25-8-9-27(18)24(30)16-11-19(31-3)22(33-5)20(12-16)32-4/h6-7,10-12,18H,8-9,13H2,1-5H3,(H,25,29)(H,26,28)/t18-/m0/s1. The zero-order chi connectivity index (χ0) is 24.1. The zero-order valence-electron chi connectivity index (χ0n) is 19.5. The third-order valence-electron chi connectivity index (χ3n) is 5.67. The first-order valence-electron chi connectivity index (χ1n) is 10.5. The lowest BCUT2D eigenvalue weighted by Gasteiger charge is -2.35. The normalized spacial score (nSPS) is 15.5. The summed E-state index contributed by atoms with van der Waals surface area (Å²) < 4.78 is 16.0. The number of hydrogen-bond donors (Lipinski definition) is 2. The minimum Gasteiger partial charge on any atom is -0.493 e. The number of nitrogens with zero attached hydrogens (tertiary/aromatic N) is 1. The minimum atomic E-state index is -0.947. The first kappa shape index (κ1) is 23.9. The van der Waals surface area contributed by atoms with Gasteiger partial charge in [-0.2, -0.15) is 0 Å². The highest BCUT2D eigenvalue weighted by Crippen LogP contribution is 2.38. The number of rotatable bonds is 7. The fourth-order valence-electron chi connectivity index (χ4n) is 3.74. The molecule has 1 heterocycles. The SMILES string of the molecule is COc1cc(C(=O)N2CCNC(=O)[C@@H]2CC(=O)Nc2ccc(C)c(C)c2)cc(OC)c1OC. The second-order valence-electron chi connectivity index (χ2n) is 7.77. The van der Waals surface area contributed by atoms with Crippen LogP contribution in [-0.4, -0.2) is 63.1 Å². The van der Waals surface area contributed by atoms with Crippen LogP contribution in [0.4, 0.5) is 5.69 Å². The molecular formula is C24H29N3O6. The Bertz CT molecular complexity index is 1040. The van der Waals surface area contributed by atoms with Crippen molar-refractivity contribution in [3.8, 4) is 17.2 Å². The lowest BCUT2D eigenvalue weighted by Crippen LogP contribution is -2.58. The van der Waals surface area contributed by atoms with E-state index in [2.05, 4.69) is 10.6 Å². The molecule has 1 aliphatic rings. The van der Waals surface area contributed by atoms with Gasteiger partial charge in [-0.3, -0.25) is 14.4 Å². The molecule has 9 heteroatoms. The maximum Gasteiger partial charge on any atom is 0.254 e. The second kappa shape index (κ2) is 10.2. The molecule has 2 aromatic carbocycles. The van der Waals surface area contributed by atoms with Gasteiger partial charge in [-0.1, -0.05) is 6.07 Å². The number of anilines is 1. The van der Waals surface area contributed by atoms with E-state index in [1.54, 1.807) is 6.07 Å². The molecule has 9 nitrogen and oxygen atoms in total. The molecule has 1 fully saturated rings. The third kappa shape index (κ3) is 5.19. The zero-order valence-corrected chi connectivity index (χ0v) is 19.5. The predicted molar refractivity (Wildman–Crippen MR) is 123 cm³/mol. The molecule has 2 aromatic rings. The van der Waals surface area contributed by atoms with Crippen LogP contribution >= 0.6 is 0 Å². The molecule has 1 atom stereocenters. The highest BCUT2D eigenvalue weighted by atomic mass is 16.5. The van der Waals surface area contributed by atoms with Gasteiger partial charge in [0.2, 0.25) is 17.6 Å². The smallest absolute Gasteiger partial charge is 0.254 e. The summed E-state index contributed by atoms with van der Waals surface area (Å²) in [7, 11) is 4.39. The van der Waals surface area contributed by atoms with E-state index in [0.29, 0.717) is 29.5 Å². The maximum absolute atomic E-state index is 13.4. The van der Waals surface area contributed by atoms with Crippen LogP contribution in [0.25, 0.3) is 0 Å². The average molecular weight is 456 g/mol. The van der Waals surface area contributed by atoms with Gasteiger partial charge in [0, 0.05) is 24.3 Å². The highest BCUT2D eigenvalue weighted by molar-refractivity contribution is 6.02. The minimum absolute atomic E-state index is 0.172. The van der Waals surface area contributed by atoms with E-state index >= 15 is 0 Å². The van der Waals surface area contributed by atoms with Gasteiger partial charge in [-0.25, -0.2) is 0 Å². The predicted octanol–water partition coefficient (Wildman–Crippen LogP) is 2.30. The number of piperazine rings is 1. The molecule has 176 valence electrons. The largest absolute Gasteiger partial charge is 0.493 e. The molecule has 0 aromatic heterocycles. The summed E-state index contributed by atoms with van der Waals surface area (Å²) in [4.78, 5) is 40.1. The Morgan fingerprint density at radius 1 is 1.03 bits per heavy atom. The summed E-state index contributed by atoms with van der Waals surface area (Å²) >= 11 is 0. The maximum atomic E-state index is 13.4. The third-order valence-corrected chi connectivity index (χ3v) is 5.67. The van der Waals surface area contributed by atoms with Crippen molar-refractivity contribution >= 4 is 23.4 Å². The van der Waals surface area contributed by atoms with Gasteiger partial charge in [0.1, 0.15) is 6.04 Å². The molecule has 0 bridgehead atoms. The summed E-state index contributed by atoms with van der Waals surface area (Å²) in [6.07, 6.45) is -0.172. The van der Waals surface area contributed by atoms with Gasteiger partial charge in [-0.05, 0) is 49.2 Å². The van der Waals surface area contributed by atoms with Crippen molar-refractivity contribution in [1.29, 1.82) is 0 Å². The van der Waals surface area contributed by atoms with Crippen LogP contribution < -0.4 is 24.8 Å². The number of amides is 3. The summed E-state index contributed by atoms with van der Waals surface area (Å²) in [5.74, 6) is -0.137. The number of benzene rings is 2. The van der Waals surface area contributed by atoms with Crippen molar-refractivity contribution in [3.05, 3.63) is 47.0 Å². The Hall–Kier alpha value is -3.75. The van der Waals surface area contributed by atoms with Gasteiger partial charge in [0.05, 0.1) is 27.8 Å². The van der Waals surface area contributed by atoms with Crippen LogP contribution in [0.3, 0.4) is 0 Å². The number of hydrogen-bond acceptors (Lipinski definition) is 6. The number of carbonyl (C=O) groups excluding carboxylic acids is 3. The van der Waals surface area contributed by atoms with E-state index < -0.39 is 11.9 Å². The van der Waals surface area contributed by atoms with Gasteiger partial charge < -0.3 is 29.7 Å². The van der Waals surface area contributed by atoms with Crippen molar-refractivity contribution in [2.45, 2.75) is 26.3 Å². The molecular weight excluding hydrogens is 426 g/mol. The van der Waals surface area contributed by atoms with E-state index in [0.717, 1.165) is 11.1 Å². The van der Waals surface area contributed by atoms with E-state index in [-0.39, 0.29) is 30.3 Å². The van der Waals surface area contributed by atoms with Crippen molar-refractivity contribution in [1.82, 2.24) is 10.2 Å². The summed E-state index contributed by atoms with van der Waals surface area (Å²) in [5.41, 5.74) is 3.06. The Morgan fingerprint density at radius 2 is 1.70 bits per heavy atom. The van der Waals surface area contributed by atoms with Gasteiger partial charge in [0.15, 0.2) is 11.5 Å². The molecule has 0 unspecified atom stereocenters. The fraction of sp³-hybridized carbons (Fsp3) is 0.375. The molecule has 1 aliphatic heterocycles. The summed E-state index contributed by atoms with van der Waals surface area (Å²) in [6, 6.07) is 7.70. The van der Waals surface area contributed by atoms with Crippen molar-refractivity contribution in [2.24, 2.45) is 0 Å². The number of nitrogens with one attached hydrogen (secondary N) is 2. The van der Waals surface area contributed by atoms with E-state index in [1.807, 2.05) is 26.0 Å². The van der Waals surface area contributed by atoms with E-state index in [4.69, 9.17) is 14.2 Å². The monoisotopic (exact) mass is 455 g/mol. The van der Waals surface area contributed by atoms with Crippen LogP contribution in [0.2, 0.25) is 0 Å². The average Bonchev–Trinajstić information content (AvgIpc) is 2.81. The Morgan fingerprint density at radius 3 is 2.27 bits per heavy atom. The van der Waals surface area contributed by atoms with Crippen LogP contribution in [0.15, 0.2) is 30.3 Å². The highest BCUT2D eigenvalue weighted by Gasteiger charge is 2.35. The molecule has 0 spiro atoms. The van der Waals surface area contributed by atoms with Gasteiger partial charge >= 0.3 is 0 Å². The molecule has 0 saturated carbocycles. The Balaban J connectivity index is 1.83. The number of ether oxygens (including phenoxy) is 3. The lowest BCUT2D eigenvalue weighted by molar-refractivity contribution is -0.131. The number of aryl methyl sites for hydroxylation is 2. The Kier molecular flexibility index (Phi) is 7.42. The van der Waals surface area contributed by atoms with Crippen LogP contribution in [0.1, 0.15) is 27.9 Å². The van der Waals surface area contributed by atoms with Gasteiger partial charge in [0.25, 0.3) is 5.91 Å². The fourth-order valence-corrected chi connectivity index (χ4v) is 3.74. The molecule has 2 N–H and O–H groups in total. The molecule has 0 aliphatic carbocycles. The first-order valence-corrected chi connectivity index (χ1v) is 10.5. The first-order chi connectivity index (χ1) is 15.8.